The van der Waals surface area contributed by atoms with Crippen LogP contribution in [0.3, 0.4) is 0 Å². The van der Waals surface area contributed by atoms with E-state index in [1.807, 2.05) is 24.3 Å². The maximum absolute atomic E-state index is 6.00. The highest BCUT2D eigenvalue weighted by Gasteiger charge is 2.12. The Balaban J connectivity index is 0.00000122. The first-order valence-electron chi connectivity index (χ1n) is 6.81. The molecule has 0 bridgehead atoms. The molecule has 0 aromatic heterocycles. The van der Waals surface area contributed by atoms with Gasteiger partial charge in [-0.1, -0.05) is 32.0 Å². The van der Waals surface area contributed by atoms with Gasteiger partial charge in [-0.25, -0.2) is 5.84 Å². The first kappa shape index (κ1) is 19.2. The topological polar surface area (TPSA) is 86.1 Å². The molecule has 4 N–H and O–H groups in total. The molecule has 0 saturated heterocycles. The number of hydrazine groups is 1. The quantitative estimate of drug-likeness (QED) is 0.375. The number of nitrogens with two attached hydrogens (primary N) is 2. The van der Waals surface area contributed by atoms with E-state index in [0.29, 0.717) is 18.3 Å². The van der Waals surface area contributed by atoms with Crippen LogP contribution in [0.15, 0.2) is 29.4 Å². The minimum absolute atomic E-state index is 0.455. The van der Waals surface area contributed by atoms with Crippen molar-refractivity contribution in [3.63, 3.8) is 0 Å². The Morgan fingerprint density at radius 3 is 2.29 bits per heavy atom. The van der Waals surface area contributed by atoms with E-state index < -0.39 is 0 Å². The molecule has 0 unspecified atom stereocenters. The second-order valence-corrected chi connectivity index (χ2v) is 4.99. The van der Waals surface area contributed by atoms with Crippen molar-refractivity contribution in [3.8, 4) is 5.75 Å². The van der Waals surface area contributed by atoms with E-state index in [1.165, 1.54) is 0 Å². The third-order valence-corrected chi connectivity index (χ3v) is 2.60. The van der Waals surface area contributed by atoms with E-state index in [4.69, 9.17) is 16.4 Å². The maximum Gasteiger partial charge on any atom is 0.139 e. The van der Waals surface area contributed by atoms with Crippen LogP contribution >= 0.6 is 0 Å². The first-order chi connectivity index (χ1) is 9.99. The van der Waals surface area contributed by atoms with E-state index in [9.17, 15) is 0 Å². The highest BCUT2D eigenvalue weighted by atomic mass is 16.5. The lowest BCUT2D eigenvalue weighted by molar-refractivity contribution is 0.277. The molecule has 6 heteroatoms. The van der Waals surface area contributed by atoms with Gasteiger partial charge in [0.2, 0.25) is 0 Å². The monoisotopic (exact) mass is 296 g/mol. The lowest BCUT2D eigenvalue weighted by atomic mass is 10.1. The van der Waals surface area contributed by atoms with E-state index in [2.05, 4.69) is 23.7 Å². The van der Waals surface area contributed by atoms with Crippen molar-refractivity contribution >= 4 is 5.84 Å². The molecule has 0 atom stereocenters. The summed E-state index contributed by atoms with van der Waals surface area (Å²) in [5, 5.41) is 5.32. The molecule has 6 nitrogen and oxygen atoms in total. The molecule has 0 saturated carbocycles. The van der Waals surface area contributed by atoms with Crippen LogP contribution in [-0.4, -0.2) is 32.2 Å². The highest BCUT2D eigenvalue weighted by molar-refractivity contribution is 5.81. The molecule has 0 aliphatic rings. The largest absolute Gasteiger partial charge is 0.496 e. The fourth-order valence-corrected chi connectivity index (χ4v) is 1.72. The van der Waals surface area contributed by atoms with Crippen molar-refractivity contribution in [3.05, 3.63) is 29.8 Å². The molecule has 120 valence electrons. The molecule has 0 heterocycles. The molecule has 0 aliphatic carbocycles. The average Bonchev–Trinajstić information content (AvgIpc) is 2.45. The second-order valence-electron chi connectivity index (χ2n) is 4.99. The molecule has 21 heavy (non-hydrogen) atoms. The van der Waals surface area contributed by atoms with E-state index in [0.717, 1.165) is 17.7 Å². The summed E-state index contributed by atoms with van der Waals surface area (Å²) < 4.78 is 9.54. The molecule has 0 aliphatic heterocycles. The van der Waals surface area contributed by atoms with Crippen LogP contribution in [0.25, 0.3) is 0 Å². The van der Waals surface area contributed by atoms with Gasteiger partial charge >= 0.3 is 0 Å². The van der Waals surface area contributed by atoms with Crippen molar-refractivity contribution in [2.75, 3.05) is 21.3 Å². The predicted molar refractivity (Wildman–Crippen MR) is 86.7 cm³/mol. The van der Waals surface area contributed by atoms with Gasteiger partial charge in [0, 0.05) is 26.2 Å². The van der Waals surface area contributed by atoms with Gasteiger partial charge in [0.05, 0.1) is 13.7 Å². The zero-order valence-corrected chi connectivity index (χ0v) is 13.7. The minimum atomic E-state index is 0.455. The number of hydrazone groups is 1. The summed E-state index contributed by atoms with van der Waals surface area (Å²) in [4.78, 5) is 0. The molecule has 1 rings (SSSR count). The van der Waals surface area contributed by atoms with Crippen LogP contribution in [0.1, 0.15) is 25.8 Å². The summed E-state index contributed by atoms with van der Waals surface area (Å²) in [7, 11) is 4.89. The van der Waals surface area contributed by atoms with Gasteiger partial charge in [0.15, 0.2) is 0 Å². The Kier molecular flexibility index (Phi) is 10.0. The van der Waals surface area contributed by atoms with Crippen LogP contribution in [0.5, 0.6) is 5.75 Å². The van der Waals surface area contributed by atoms with E-state index in [-0.39, 0.29) is 0 Å². The fourth-order valence-electron chi connectivity index (χ4n) is 1.72. The normalized spacial score (nSPS) is 10.9. The van der Waals surface area contributed by atoms with Gasteiger partial charge in [-0.15, -0.1) is 0 Å². The van der Waals surface area contributed by atoms with Crippen molar-refractivity contribution in [2.45, 2.75) is 26.8 Å². The van der Waals surface area contributed by atoms with Gasteiger partial charge in [-0.05, 0) is 12.0 Å². The van der Waals surface area contributed by atoms with Crippen LogP contribution in [0.4, 0.5) is 0 Å². The summed E-state index contributed by atoms with van der Waals surface area (Å²) >= 11 is 0. The number of nitrogens with zero attached hydrogens (tertiary/aromatic N) is 2. The van der Waals surface area contributed by atoms with Gasteiger partial charge in [0.1, 0.15) is 11.6 Å². The number of rotatable bonds is 5. The zero-order valence-electron chi connectivity index (χ0n) is 13.7. The molecule has 0 radical (unpaired) electrons. The summed E-state index contributed by atoms with van der Waals surface area (Å²) in [5.74, 6) is 13.3. The van der Waals surface area contributed by atoms with E-state index >= 15 is 0 Å². The van der Waals surface area contributed by atoms with E-state index in [1.54, 1.807) is 26.3 Å². The van der Waals surface area contributed by atoms with Gasteiger partial charge < -0.3 is 15.3 Å². The molecule has 1 aromatic carbocycles. The number of hydrogen-bond donors (Lipinski definition) is 2. The Labute approximate surface area is 127 Å². The zero-order chi connectivity index (χ0) is 16.3. The van der Waals surface area contributed by atoms with Gasteiger partial charge in [-0.3, -0.25) is 5.01 Å². The molecule has 0 fully saturated rings. The third-order valence-electron chi connectivity index (χ3n) is 2.60. The summed E-state index contributed by atoms with van der Waals surface area (Å²) in [5.41, 5.74) is 1.01. The molecular formula is C15H28N4O2. The van der Waals surface area contributed by atoms with Crippen molar-refractivity contribution < 1.29 is 9.47 Å². The molecular weight excluding hydrogens is 268 g/mol. The lowest BCUT2D eigenvalue weighted by Gasteiger charge is -2.22. The number of ether oxygens (including phenoxy) is 2. The Hall–Kier alpha value is -1.79. The van der Waals surface area contributed by atoms with Crippen molar-refractivity contribution in [1.82, 2.24) is 5.01 Å². The van der Waals surface area contributed by atoms with Crippen molar-refractivity contribution in [1.29, 1.82) is 0 Å². The summed E-state index contributed by atoms with van der Waals surface area (Å²) in [6.45, 7) is 4.72. The number of benzene rings is 1. The van der Waals surface area contributed by atoms with Gasteiger partial charge in [-0.2, -0.15) is 5.10 Å². The summed E-state index contributed by atoms with van der Waals surface area (Å²) in [6, 6.07) is 7.76. The predicted octanol–water partition coefficient (Wildman–Crippen LogP) is 1.95. The smallest absolute Gasteiger partial charge is 0.139 e. The van der Waals surface area contributed by atoms with Gasteiger partial charge in [0.25, 0.3) is 0 Å². The Morgan fingerprint density at radius 2 is 1.81 bits per heavy atom. The number of amidine groups is 1. The first-order valence-corrected chi connectivity index (χ1v) is 6.81. The number of para-hydroxylation sites is 1. The molecule has 0 spiro atoms. The van der Waals surface area contributed by atoms with Crippen LogP contribution in [0, 0.1) is 5.92 Å². The average molecular weight is 296 g/mol. The van der Waals surface area contributed by atoms with Crippen LogP contribution < -0.4 is 16.4 Å². The Morgan fingerprint density at radius 1 is 1.24 bits per heavy atom. The fraction of sp³-hybridized carbons (Fsp3) is 0.533. The minimum Gasteiger partial charge on any atom is -0.496 e. The lowest BCUT2D eigenvalue weighted by Crippen LogP contribution is -2.38. The summed E-state index contributed by atoms with van der Waals surface area (Å²) in [6.07, 6.45) is 0.752. The van der Waals surface area contributed by atoms with Crippen LogP contribution in [-0.2, 0) is 11.3 Å². The number of methoxy groups -OCH3 is 2. The second kappa shape index (κ2) is 10.9. The molecule has 0 amide bonds. The highest BCUT2D eigenvalue weighted by Crippen LogP contribution is 2.19. The molecule has 1 aromatic rings. The Bertz CT molecular complexity index is 422. The third kappa shape index (κ3) is 7.53. The van der Waals surface area contributed by atoms with Crippen LogP contribution in [0.2, 0.25) is 0 Å². The standard InChI is InChI=1S/C13H22N4O.C2H6O/c1-10(2)8-13(16-14)17(15)9-11-6-4-5-7-12(11)18-3;1-3-2/h4-7,10H,8-9,14-15H2,1-3H3;1-2H3/b16-13-;. The maximum atomic E-state index is 6.00. The number of hydrogen-bond acceptors (Lipinski definition) is 5. The van der Waals surface area contributed by atoms with Crippen molar-refractivity contribution in [2.24, 2.45) is 22.7 Å². The SMILES string of the molecule is COC.COc1ccccc1CN(N)/C(CC(C)C)=N\N.